The second-order valence-corrected chi connectivity index (χ2v) is 8.22. The Bertz CT molecular complexity index is 960. The highest BCUT2D eigenvalue weighted by Crippen LogP contribution is 2.21. The maximum absolute atomic E-state index is 12.8. The molecule has 0 spiro atoms. The standard InChI is InChI=1S/C23H25ClN4O3/c24-19-7-4-8-20(15-19)25-9-11-26(12-10-25)21(29)17-28-14-13-27(22(30)23(28)31)16-18-5-2-1-3-6-18/h1-8,15H,9-14,16-17H2. The molecule has 4 rings (SSSR count). The van der Waals surface area contributed by atoms with E-state index >= 15 is 0 Å². The summed E-state index contributed by atoms with van der Waals surface area (Å²) < 4.78 is 0. The third-order valence-electron chi connectivity index (χ3n) is 5.75. The van der Waals surface area contributed by atoms with E-state index in [1.165, 1.54) is 4.90 Å². The van der Waals surface area contributed by atoms with Gasteiger partial charge >= 0.3 is 11.8 Å². The molecule has 2 fully saturated rings. The number of benzene rings is 2. The topological polar surface area (TPSA) is 64.2 Å². The summed E-state index contributed by atoms with van der Waals surface area (Å²) in [6, 6.07) is 17.2. The summed E-state index contributed by atoms with van der Waals surface area (Å²) in [6.07, 6.45) is 0. The van der Waals surface area contributed by atoms with Crippen LogP contribution >= 0.6 is 11.6 Å². The van der Waals surface area contributed by atoms with Gasteiger partial charge in [0, 0.05) is 56.5 Å². The monoisotopic (exact) mass is 440 g/mol. The normalized spacial score (nSPS) is 17.3. The molecule has 0 radical (unpaired) electrons. The maximum Gasteiger partial charge on any atom is 0.312 e. The molecule has 0 saturated carbocycles. The van der Waals surface area contributed by atoms with Crippen LogP contribution < -0.4 is 4.90 Å². The van der Waals surface area contributed by atoms with Crippen LogP contribution in [0.25, 0.3) is 0 Å². The Morgan fingerprint density at radius 3 is 2.19 bits per heavy atom. The Morgan fingerprint density at radius 1 is 0.806 bits per heavy atom. The summed E-state index contributed by atoms with van der Waals surface area (Å²) in [4.78, 5) is 44.7. The van der Waals surface area contributed by atoms with Crippen LogP contribution in [0.5, 0.6) is 0 Å². The first-order valence-electron chi connectivity index (χ1n) is 10.4. The lowest BCUT2D eigenvalue weighted by Crippen LogP contribution is -2.57. The summed E-state index contributed by atoms with van der Waals surface area (Å²) in [5.41, 5.74) is 2.01. The van der Waals surface area contributed by atoms with Crippen molar-refractivity contribution in [1.29, 1.82) is 0 Å². The van der Waals surface area contributed by atoms with Crippen LogP contribution in [0.2, 0.25) is 5.02 Å². The summed E-state index contributed by atoms with van der Waals surface area (Å²) in [7, 11) is 0. The number of anilines is 1. The summed E-state index contributed by atoms with van der Waals surface area (Å²) in [5.74, 6) is -1.27. The molecule has 8 heteroatoms. The van der Waals surface area contributed by atoms with Crippen LogP contribution in [0.15, 0.2) is 54.6 Å². The molecule has 2 aliphatic rings. The average molecular weight is 441 g/mol. The molecule has 0 bridgehead atoms. The second kappa shape index (κ2) is 9.39. The lowest BCUT2D eigenvalue weighted by molar-refractivity contribution is -0.158. The van der Waals surface area contributed by atoms with Gasteiger partial charge in [-0.1, -0.05) is 48.0 Å². The molecule has 2 aromatic rings. The van der Waals surface area contributed by atoms with Crippen molar-refractivity contribution in [2.75, 3.05) is 50.7 Å². The number of hydrogen-bond acceptors (Lipinski definition) is 4. The van der Waals surface area contributed by atoms with Crippen molar-refractivity contribution in [1.82, 2.24) is 14.7 Å². The number of carbonyl (C=O) groups is 3. The first kappa shape index (κ1) is 21.2. The predicted octanol–water partition coefficient (Wildman–Crippen LogP) is 1.86. The summed E-state index contributed by atoms with van der Waals surface area (Å²) >= 11 is 6.07. The molecule has 7 nitrogen and oxygen atoms in total. The van der Waals surface area contributed by atoms with Crippen molar-refractivity contribution in [3.8, 4) is 0 Å². The Balaban J connectivity index is 1.28. The quantitative estimate of drug-likeness (QED) is 0.666. The van der Waals surface area contributed by atoms with E-state index in [0.29, 0.717) is 50.8 Å². The van der Waals surface area contributed by atoms with Gasteiger partial charge < -0.3 is 19.6 Å². The van der Waals surface area contributed by atoms with Crippen molar-refractivity contribution in [2.45, 2.75) is 6.54 Å². The maximum atomic E-state index is 12.8. The van der Waals surface area contributed by atoms with E-state index in [2.05, 4.69) is 4.90 Å². The molecule has 2 saturated heterocycles. The second-order valence-electron chi connectivity index (χ2n) is 7.79. The zero-order valence-corrected chi connectivity index (χ0v) is 18.0. The highest BCUT2D eigenvalue weighted by Gasteiger charge is 2.34. The van der Waals surface area contributed by atoms with Gasteiger partial charge in [0.1, 0.15) is 6.54 Å². The molecular formula is C23H25ClN4O3. The van der Waals surface area contributed by atoms with Gasteiger partial charge in [-0.15, -0.1) is 0 Å². The van der Waals surface area contributed by atoms with Crippen molar-refractivity contribution < 1.29 is 14.4 Å². The van der Waals surface area contributed by atoms with Crippen molar-refractivity contribution >= 4 is 35.0 Å². The van der Waals surface area contributed by atoms with Gasteiger partial charge in [-0.25, -0.2) is 0 Å². The Hall–Kier alpha value is -3.06. The zero-order chi connectivity index (χ0) is 21.8. The lowest BCUT2D eigenvalue weighted by Gasteiger charge is -2.38. The highest BCUT2D eigenvalue weighted by atomic mass is 35.5. The average Bonchev–Trinajstić information content (AvgIpc) is 2.79. The fraction of sp³-hybridized carbons (Fsp3) is 0.348. The molecule has 0 unspecified atom stereocenters. The molecular weight excluding hydrogens is 416 g/mol. The van der Waals surface area contributed by atoms with Crippen molar-refractivity contribution in [2.24, 2.45) is 0 Å². The van der Waals surface area contributed by atoms with Gasteiger partial charge in [0.25, 0.3) is 0 Å². The number of rotatable bonds is 5. The number of halogens is 1. The first-order valence-corrected chi connectivity index (χ1v) is 10.8. The Labute approximate surface area is 186 Å². The van der Waals surface area contributed by atoms with Gasteiger partial charge in [-0.05, 0) is 23.8 Å². The van der Waals surface area contributed by atoms with Crippen LogP contribution in [0, 0.1) is 0 Å². The molecule has 0 atom stereocenters. The molecule has 2 heterocycles. The van der Waals surface area contributed by atoms with Crippen molar-refractivity contribution in [3.05, 3.63) is 65.2 Å². The fourth-order valence-electron chi connectivity index (χ4n) is 3.97. The minimum atomic E-state index is -0.604. The van der Waals surface area contributed by atoms with Gasteiger partial charge in [0.2, 0.25) is 5.91 Å². The molecule has 0 aliphatic carbocycles. The van der Waals surface area contributed by atoms with Crippen LogP contribution in [0.4, 0.5) is 5.69 Å². The number of hydrogen-bond donors (Lipinski definition) is 0. The molecule has 0 aromatic heterocycles. The number of piperazine rings is 2. The van der Waals surface area contributed by atoms with Gasteiger partial charge in [0.05, 0.1) is 0 Å². The minimum Gasteiger partial charge on any atom is -0.368 e. The third kappa shape index (κ3) is 4.99. The van der Waals surface area contributed by atoms with E-state index in [-0.39, 0.29) is 12.5 Å². The number of carbonyl (C=O) groups excluding carboxylic acids is 3. The van der Waals surface area contributed by atoms with Gasteiger partial charge in [0.15, 0.2) is 0 Å². The first-order chi connectivity index (χ1) is 15.0. The number of nitrogens with zero attached hydrogens (tertiary/aromatic N) is 4. The van der Waals surface area contributed by atoms with Crippen LogP contribution in [-0.2, 0) is 20.9 Å². The lowest BCUT2D eigenvalue weighted by atomic mass is 10.2. The summed E-state index contributed by atoms with van der Waals surface area (Å²) in [6.45, 7) is 3.68. The van der Waals surface area contributed by atoms with Gasteiger partial charge in [-0.3, -0.25) is 14.4 Å². The van der Waals surface area contributed by atoms with Crippen LogP contribution in [0.1, 0.15) is 5.56 Å². The Kier molecular flexibility index (Phi) is 6.42. The van der Waals surface area contributed by atoms with Crippen molar-refractivity contribution in [3.63, 3.8) is 0 Å². The third-order valence-corrected chi connectivity index (χ3v) is 5.98. The largest absolute Gasteiger partial charge is 0.368 e. The molecule has 2 aliphatic heterocycles. The van der Waals surface area contributed by atoms with E-state index in [1.807, 2.05) is 54.6 Å². The minimum absolute atomic E-state index is 0.0546. The number of amides is 3. The predicted molar refractivity (Wildman–Crippen MR) is 119 cm³/mol. The molecule has 2 aromatic carbocycles. The SMILES string of the molecule is O=C(CN1CCN(Cc2ccccc2)C(=O)C1=O)N1CCN(c2cccc(Cl)c2)CC1. The van der Waals surface area contributed by atoms with Crippen LogP contribution in [-0.4, -0.2) is 78.2 Å². The van der Waals surface area contributed by atoms with E-state index in [4.69, 9.17) is 11.6 Å². The smallest absolute Gasteiger partial charge is 0.312 e. The molecule has 3 amide bonds. The molecule has 0 N–H and O–H groups in total. The molecule has 31 heavy (non-hydrogen) atoms. The summed E-state index contributed by atoms with van der Waals surface area (Å²) in [5, 5.41) is 0.686. The fourth-order valence-corrected chi connectivity index (χ4v) is 4.16. The zero-order valence-electron chi connectivity index (χ0n) is 17.2. The van der Waals surface area contributed by atoms with E-state index in [0.717, 1.165) is 11.3 Å². The Morgan fingerprint density at radius 2 is 1.48 bits per heavy atom. The van der Waals surface area contributed by atoms with E-state index < -0.39 is 11.8 Å². The van der Waals surface area contributed by atoms with Gasteiger partial charge in [-0.2, -0.15) is 0 Å². The van der Waals surface area contributed by atoms with Crippen LogP contribution in [0.3, 0.4) is 0 Å². The van der Waals surface area contributed by atoms with E-state index in [1.54, 1.807) is 9.80 Å². The molecule has 162 valence electrons. The van der Waals surface area contributed by atoms with E-state index in [9.17, 15) is 14.4 Å². The highest BCUT2D eigenvalue weighted by molar-refractivity contribution is 6.35.